The fourth-order valence-electron chi connectivity index (χ4n) is 9.54. The van der Waals surface area contributed by atoms with Gasteiger partial charge in [-0.3, -0.25) is 4.79 Å². The number of ether oxygens (including phenoxy) is 8. The highest BCUT2D eigenvalue weighted by Crippen LogP contribution is 2.43. The molecular weight excluding hydrogens is 728 g/mol. The van der Waals surface area contributed by atoms with Crippen molar-refractivity contribution in [3.05, 3.63) is 12.2 Å². The van der Waals surface area contributed by atoms with E-state index in [0.29, 0.717) is 17.7 Å². The minimum atomic E-state index is -1.75. The van der Waals surface area contributed by atoms with E-state index in [1.807, 2.05) is 60.5 Å². The standard InChI is InChI=1S/C41H72N2O13/c1-15-29-41(11,47)36-24(5)31(42-48)22(3)17-40(10,51-20-21(2)19-50-36)35(56-38-32(44)28(43(12)13)16-23(4)52-38)25(6)33(26(7)37(46)54-29)55-30-18-39(9,49-14)34(45)27(8)53-30/h22-30,32-36,38,44-45,47-48H,2,15-20H2,1,3-14H3/b42-31+/t22-,23-,24+,25+,26-,27+,28+,29-,30+,32-,33+,34+,35-,36-,38+,39-,40-,41-/m1/s1. The Morgan fingerprint density at radius 3 is 2.23 bits per heavy atom. The number of nitrogens with zero attached hydrogens (tertiary/aromatic N) is 2. The highest BCUT2D eigenvalue weighted by atomic mass is 16.7. The van der Waals surface area contributed by atoms with Gasteiger partial charge in [-0.15, -0.1) is 0 Å². The van der Waals surface area contributed by atoms with Crippen LogP contribution in [-0.4, -0.2) is 156 Å². The lowest BCUT2D eigenvalue weighted by molar-refractivity contribution is -0.320. The Morgan fingerprint density at radius 2 is 1.64 bits per heavy atom. The molecule has 4 heterocycles. The summed E-state index contributed by atoms with van der Waals surface area (Å²) in [6.07, 6.45) is -7.75. The molecule has 0 unspecified atom stereocenters. The zero-order chi connectivity index (χ0) is 42.1. The molecule has 4 saturated heterocycles. The first kappa shape index (κ1) is 46.9. The Hall–Kier alpha value is -1.76. The number of aliphatic hydroxyl groups excluding tert-OH is 2. The van der Waals surface area contributed by atoms with Crippen LogP contribution in [0.15, 0.2) is 17.3 Å². The lowest BCUT2D eigenvalue weighted by atomic mass is 9.73. The fraction of sp³-hybridized carbons (Fsp3) is 0.902. The van der Waals surface area contributed by atoms with E-state index in [0.717, 1.165) is 0 Å². The van der Waals surface area contributed by atoms with Crippen LogP contribution in [0.3, 0.4) is 0 Å². The number of esters is 1. The van der Waals surface area contributed by atoms with Crippen molar-refractivity contribution in [1.82, 2.24) is 4.90 Å². The number of aliphatic hydroxyl groups is 3. The summed E-state index contributed by atoms with van der Waals surface area (Å²) in [5, 5.41) is 49.5. The van der Waals surface area contributed by atoms with E-state index in [2.05, 4.69) is 11.7 Å². The number of hydrogen-bond acceptors (Lipinski definition) is 15. The molecule has 0 aromatic heterocycles. The Morgan fingerprint density at radius 1 is 0.982 bits per heavy atom. The van der Waals surface area contributed by atoms with Gasteiger partial charge in [-0.2, -0.15) is 0 Å². The predicted molar refractivity (Wildman–Crippen MR) is 207 cm³/mol. The van der Waals surface area contributed by atoms with Gasteiger partial charge in [0.05, 0.1) is 66.6 Å². The van der Waals surface area contributed by atoms with Crippen LogP contribution in [0.2, 0.25) is 0 Å². The minimum absolute atomic E-state index is 0.00424. The van der Waals surface area contributed by atoms with Crippen molar-refractivity contribution >= 4 is 11.7 Å². The topological polar surface area (TPSA) is 187 Å². The summed E-state index contributed by atoms with van der Waals surface area (Å²) in [7, 11) is 5.32. The third-order valence-corrected chi connectivity index (χ3v) is 13.0. The summed E-state index contributed by atoms with van der Waals surface area (Å²) in [6.45, 7) is 22.3. The largest absolute Gasteiger partial charge is 0.459 e. The third-order valence-electron chi connectivity index (χ3n) is 13.0. The molecule has 0 spiro atoms. The lowest BCUT2D eigenvalue weighted by Crippen LogP contribution is -2.61. The van der Waals surface area contributed by atoms with E-state index in [1.165, 1.54) is 7.11 Å². The number of methoxy groups -OCH3 is 1. The van der Waals surface area contributed by atoms with Crippen molar-refractivity contribution < 1.29 is 63.2 Å². The number of carbonyl (C=O) groups is 1. The number of likely N-dealkylation sites (N-methyl/N-ethyl adjacent to an activating group) is 1. The van der Waals surface area contributed by atoms with Gasteiger partial charge >= 0.3 is 5.97 Å². The van der Waals surface area contributed by atoms with Gasteiger partial charge in [-0.1, -0.05) is 39.4 Å². The maximum atomic E-state index is 14.5. The molecule has 0 amide bonds. The molecule has 0 aromatic rings. The first-order chi connectivity index (χ1) is 26.0. The Bertz CT molecular complexity index is 1360. The summed E-state index contributed by atoms with van der Waals surface area (Å²) in [5.41, 5.74) is -3.09. The van der Waals surface area contributed by atoms with Crippen molar-refractivity contribution in [1.29, 1.82) is 0 Å². The lowest BCUT2D eigenvalue weighted by Gasteiger charge is -2.50. The van der Waals surface area contributed by atoms with E-state index in [-0.39, 0.29) is 44.6 Å². The molecule has 4 N–H and O–H groups in total. The number of rotatable bonds is 7. The van der Waals surface area contributed by atoms with E-state index in [4.69, 9.17) is 37.9 Å². The number of cyclic esters (lactones) is 1. The fourth-order valence-corrected chi connectivity index (χ4v) is 9.54. The number of hydrogen-bond donors (Lipinski definition) is 4. The highest BCUT2D eigenvalue weighted by molar-refractivity contribution is 5.88. The number of fused-ring (bicyclic) bond motifs is 5. The van der Waals surface area contributed by atoms with Crippen molar-refractivity contribution in [3.8, 4) is 0 Å². The molecule has 2 bridgehead atoms. The molecular formula is C41H72N2O13. The highest BCUT2D eigenvalue weighted by Gasteiger charge is 2.55. The molecule has 15 heteroatoms. The van der Waals surface area contributed by atoms with E-state index in [9.17, 15) is 25.3 Å². The van der Waals surface area contributed by atoms with Crippen LogP contribution in [0.25, 0.3) is 0 Å². The molecule has 0 aromatic carbocycles. The van der Waals surface area contributed by atoms with Gasteiger partial charge in [0, 0.05) is 37.3 Å². The zero-order valence-electron chi connectivity index (χ0n) is 36.0. The molecule has 0 aliphatic carbocycles. The van der Waals surface area contributed by atoms with Gasteiger partial charge in [0.2, 0.25) is 0 Å². The van der Waals surface area contributed by atoms with Crippen molar-refractivity contribution in [2.75, 3.05) is 34.4 Å². The zero-order valence-corrected chi connectivity index (χ0v) is 36.0. The molecule has 4 rings (SSSR count). The monoisotopic (exact) mass is 801 g/mol. The Kier molecular flexibility index (Phi) is 15.6. The van der Waals surface area contributed by atoms with Crippen LogP contribution >= 0.6 is 0 Å². The molecule has 4 fully saturated rings. The van der Waals surface area contributed by atoms with Gasteiger partial charge in [-0.05, 0) is 80.5 Å². The van der Waals surface area contributed by atoms with Crippen LogP contribution in [0.1, 0.15) is 94.9 Å². The summed E-state index contributed by atoms with van der Waals surface area (Å²) in [6, 6.07) is -0.282. The molecule has 0 radical (unpaired) electrons. The minimum Gasteiger partial charge on any atom is -0.459 e. The van der Waals surface area contributed by atoms with Crippen LogP contribution in [0, 0.1) is 23.7 Å². The van der Waals surface area contributed by atoms with Gasteiger partial charge in [0.15, 0.2) is 12.6 Å². The Balaban J connectivity index is 1.96. The molecule has 324 valence electrons. The van der Waals surface area contributed by atoms with Crippen LogP contribution in [0.4, 0.5) is 0 Å². The predicted octanol–water partition coefficient (Wildman–Crippen LogP) is 3.67. The maximum absolute atomic E-state index is 14.5. The number of carbonyl (C=O) groups excluding carboxylic acids is 1. The second kappa shape index (κ2) is 18.7. The second-order valence-corrected chi connectivity index (χ2v) is 17.9. The van der Waals surface area contributed by atoms with E-state index >= 15 is 0 Å². The van der Waals surface area contributed by atoms with Crippen LogP contribution < -0.4 is 0 Å². The van der Waals surface area contributed by atoms with Gasteiger partial charge in [0.25, 0.3) is 0 Å². The normalized spacial score (nSPS) is 48.5. The van der Waals surface area contributed by atoms with Gasteiger partial charge in [-0.25, -0.2) is 0 Å². The van der Waals surface area contributed by atoms with Crippen molar-refractivity contribution in [2.24, 2.45) is 28.8 Å². The van der Waals surface area contributed by atoms with E-state index in [1.54, 1.807) is 27.7 Å². The summed E-state index contributed by atoms with van der Waals surface area (Å²) >= 11 is 0. The Labute approximate surface area is 333 Å². The van der Waals surface area contributed by atoms with Gasteiger partial charge in [0.1, 0.15) is 23.9 Å². The van der Waals surface area contributed by atoms with Crippen LogP contribution in [0.5, 0.6) is 0 Å². The second-order valence-electron chi connectivity index (χ2n) is 17.9. The molecule has 56 heavy (non-hydrogen) atoms. The maximum Gasteiger partial charge on any atom is 0.311 e. The summed E-state index contributed by atoms with van der Waals surface area (Å²) in [4.78, 5) is 16.4. The average Bonchev–Trinajstić information content (AvgIpc) is 3.14. The average molecular weight is 801 g/mol. The summed E-state index contributed by atoms with van der Waals surface area (Å²) in [5.74, 6) is -3.44. The first-order valence-corrected chi connectivity index (χ1v) is 20.3. The molecule has 18 atom stereocenters. The number of oxime groups is 1. The molecule has 15 nitrogen and oxygen atoms in total. The smallest absolute Gasteiger partial charge is 0.311 e. The quantitative estimate of drug-likeness (QED) is 0.126. The SMILES string of the molecule is C=C1CO[C@@H]2[C@@H](C)/C(=N/O)[C@H](C)C[C@@](C)(OC1)[C@H](O[C@@H]1O[C@H](C)C[C@H](N(C)C)[C@H]1O)[C@@H](C)[C@H](O[C@H]1C[C@@](C)(OC)[C@@H](O)[C@H](C)O1)[C@@H](C)C(=O)O[C@H](CC)[C@@]2(C)O. The van der Waals surface area contributed by atoms with Gasteiger partial charge < -0.3 is 63.3 Å². The van der Waals surface area contributed by atoms with Crippen molar-refractivity contribution in [3.63, 3.8) is 0 Å². The molecule has 4 aliphatic rings. The third kappa shape index (κ3) is 9.81. The van der Waals surface area contributed by atoms with Crippen LogP contribution in [-0.2, 0) is 42.7 Å². The summed E-state index contributed by atoms with van der Waals surface area (Å²) < 4.78 is 51.7. The molecule has 4 aliphatic heterocycles. The van der Waals surface area contributed by atoms with E-state index < -0.39 is 102 Å². The molecule has 0 saturated carbocycles. The first-order valence-electron chi connectivity index (χ1n) is 20.3. The van der Waals surface area contributed by atoms with Crippen molar-refractivity contribution in [2.45, 2.75) is 179 Å².